The Morgan fingerprint density at radius 3 is 2.35 bits per heavy atom. The minimum atomic E-state index is -3.67. The molecule has 15 heteroatoms. The lowest BCUT2D eigenvalue weighted by atomic mass is 9.56. The number of fused-ring (bicyclic) bond motifs is 2. The highest BCUT2D eigenvalue weighted by Gasteiger charge is 2.52. The highest BCUT2D eigenvalue weighted by molar-refractivity contribution is 7.88. The number of amides is 2. The molecule has 3 aromatic carbocycles. The van der Waals surface area contributed by atoms with Crippen molar-refractivity contribution >= 4 is 27.5 Å². The Kier molecular flexibility index (Phi) is 14.1. The topological polar surface area (TPSA) is 173 Å². The molecule has 1 saturated heterocycles. The van der Waals surface area contributed by atoms with Crippen LogP contribution in [0.5, 0.6) is 5.75 Å². The number of benzene rings is 3. The Balaban J connectivity index is 1.32. The molecule has 5 N–H and O–H groups in total. The van der Waals surface area contributed by atoms with E-state index in [-0.39, 0.29) is 31.0 Å². The molecule has 0 radical (unpaired) electrons. The van der Waals surface area contributed by atoms with Gasteiger partial charge in [-0.1, -0.05) is 67.6 Å². The van der Waals surface area contributed by atoms with Gasteiger partial charge in [-0.3, -0.25) is 14.4 Å². The molecule has 3 saturated carbocycles. The van der Waals surface area contributed by atoms with Crippen molar-refractivity contribution in [3.8, 4) is 16.9 Å². The summed E-state index contributed by atoms with van der Waals surface area (Å²) in [6.45, 7) is 8.08. The lowest BCUT2D eigenvalue weighted by molar-refractivity contribution is -0.182. The van der Waals surface area contributed by atoms with Crippen molar-refractivity contribution in [1.82, 2.24) is 25.3 Å². The van der Waals surface area contributed by atoms with Gasteiger partial charge in [-0.2, -0.15) is 5.06 Å². The van der Waals surface area contributed by atoms with Crippen LogP contribution in [0.25, 0.3) is 11.1 Å². The molecule has 1 heterocycles. The number of sulfonamides is 1. The number of carbonyl (C=O) groups excluding carboxylic acids is 2. The lowest BCUT2D eigenvalue weighted by Crippen LogP contribution is -2.57. The van der Waals surface area contributed by atoms with E-state index in [1.165, 1.54) is 5.57 Å². The van der Waals surface area contributed by atoms with Crippen LogP contribution in [-0.4, -0.2) is 125 Å². The number of nitrogens with one attached hydrogen (secondary N) is 3. The zero-order valence-corrected chi connectivity index (χ0v) is 36.8. The molecule has 10 atom stereocenters. The normalized spacial score (nSPS) is 25.6. The molecule has 1 aliphatic heterocycles. The maximum Gasteiger partial charge on any atom is 0.251 e. The number of likely N-dealkylation sites (N-methyl/N-ethyl adjacent to an activating group) is 1. The summed E-state index contributed by atoms with van der Waals surface area (Å²) < 4.78 is 34.1. The van der Waals surface area contributed by atoms with Gasteiger partial charge in [0.2, 0.25) is 15.9 Å². The first-order chi connectivity index (χ1) is 28.4. The number of aliphatic hydroxyl groups excluding tert-OH is 2. The average molecular weight is 847 g/mol. The fraction of sp³-hybridized carbons (Fsp3) is 0.511. The summed E-state index contributed by atoms with van der Waals surface area (Å²) in [4.78, 5) is 38.6. The van der Waals surface area contributed by atoms with E-state index in [2.05, 4.69) is 28.9 Å². The van der Waals surface area contributed by atoms with Crippen molar-refractivity contribution in [1.29, 1.82) is 0 Å². The fourth-order valence-corrected chi connectivity index (χ4v) is 10.1. The number of para-hydroxylation sites is 1. The smallest absolute Gasteiger partial charge is 0.251 e. The molecule has 4 fully saturated rings. The molecule has 2 amide bonds. The van der Waals surface area contributed by atoms with Crippen LogP contribution in [0.3, 0.4) is 0 Å². The van der Waals surface area contributed by atoms with Gasteiger partial charge in [-0.05, 0) is 80.9 Å². The van der Waals surface area contributed by atoms with Gasteiger partial charge in [0.05, 0.1) is 44.7 Å². The van der Waals surface area contributed by atoms with E-state index in [1.54, 1.807) is 31.2 Å². The SMILES string of the molecule is C=C1[C@H]2C[C@H](NC(=O)[C@@H]3[C@H]([C@H](C)O)[C@H](CO)ON3Cc3cccc(-c4cc(C(=O)N[C@H](CN(C)C)[C@@H](NS(C)(=O)=O)c5ccccc5)cc(N(C)C)c4)c3OC)[C@@H](C)[C@@H]1C2. The first kappa shape index (κ1) is 45.2. The second-order valence-corrected chi connectivity index (χ2v) is 19.0. The van der Waals surface area contributed by atoms with Gasteiger partial charge < -0.3 is 35.4 Å². The Labute approximate surface area is 354 Å². The predicted octanol–water partition coefficient (Wildman–Crippen LogP) is 3.57. The summed E-state index contributed by atoms with van der Waals surface area (Å²) in [5, 5.41) is 29.3. The van der Waals surface area contributed by atoms with E-state index in [0.717, 1.165) is 24.8 Å². The van der Waals surface area contributed by atoms with Crippen molar-refractivity contribution in [2.24, 2.45) is 23.7 Å². The third kappa shape index (κ3) is 9.89. The Morgan fingerprint density at radius 2 is 1.77 bits per heavy atom. The Morgan fingerprint density at radius 1 is 1.05 bits per heavy atom. The Bertz CT molecular complexity index is 2130. The fourth-order valence-electron chi connectivity index (χ4n) is 9.34. The zero-order chi connectivity index (χ0) is 43.6. The number of hydrogen-bond donors (Lipinski definition) is 5. The number of carbonyl (C=O) groups is 2. The standard InChI is InChI=1S/C45H62N6O8S/c1-26-31-21-36(26)27(2)37(22-31)46-45(55)42-40(28(3)53)39(25-52)59-51(42)23-30-16-13-17-35(43(30)58-8)32-18-33(20-34(19-32)50(6)7)44(54)47-38(24-49(4)5)41(48-60(9,56)57)29-14-11-10-12-15-29/h10-20,27-28,31,36-42,48,52-53H,1,21-25H2,2-9H3,(H,46,55)(H,47,54)/t27-,28-,31+,36+,37-,38+,39-,40+,41-,42-/m0/s1. The first-order valence-corrected chi connectivity index (χ1v) is 22.5. The molecule has 3 aromatic rings. The summed E-state index contributed by atoms with van der Waals surface area (Å²) >= 11 is 0. The van der Waals surface area contributed by atoms with Crippen LogP contribution in [0.2, 0.25) is 0 Å². The van der Waals surface area contributed by atoms with E-state index in [1.807, 2.05) is 92.6 Å². The van der Waals surface area contributed by atoms with E-state index in [4.69, 9.17) is 9.57 Å². The van der Waals surface area contributed by atoms with Crippen LogP contribution in [0.4, 0.5) is 5.69 Å². The summed E-state index contributed by atoms with van der Waals surface area (Å²) in [5.74, 6) is 0.151. The maximum absolute atomic E-state index is 14.3. The molecular formula is C45H62N6O8S. The molecule has 7 rings (SSSR count). The largest absolute Gasteiger partial charge is 0.496 e. The van der Waals surface area contributed by atoms with E-state index < -0.39 is 52.2 Å². The summed E-state index contributed by atoms with van der Waals surface area (Å²) in [7, 11) is 5.37. The number of anilines is 1. The van der Waals surface area contributed by atoms with E-state index in [9.17, 15) is 28.2 Å². The number of rotatable bonds is 17. The molecule has 4 aliphatic rings. The second-order valence-electron chi connectivity index (χ2n) is 17.3. The minimum absolute atomic E-state index is 0.0389. The summed E-state index contributed by atoms with van der Waals surface area (Å²) in [5.41, 5.74) is 5.11. The highest BCUT2D eigenvalue weighted by atomic mass is 32.2. The van der Waals surface area contributed by atoms with Crippen molar-refractivity contribution < 1.29 is 37.8 Å². The average Bonchev–Trinajstić information content (AvgIpc) is 3.58. The molecule has 0 spiro atoms. The van der Waals surface area contributed by atoms with Crippen molar-refractivity contribution in [2.45, 2.75) is 69.6 Å². The first-order valence-electron chi connectivity index (χ1n) is 20.6. The molecule has 2 bridgehead atoms. The molecule has 0 unspecified atom stereocenters. The van der Waals surface area contributed by atoms with Crippen LogP contribution in [0, 0.1) is 23.7 Å². The summed E-state index contributed by atoms with van der Waals surface area (Å²) in [6.07, 6.45) is 1.26. The second kappa shape index (κ2) is 18.7. The van der Waals surface area contributed by atoms with Gasteiger partial charge in [-0.15, -0.1) is 0 Å². The van der Waals surface area contributed by atoms with Gasteiger partial charge >= 0.3 is 0 Å². The number of aliphatic hydroxyl groups is 2. The lowest BCUT2D eigenvalue weighted by Gasteiger charge is -2.52. The molecule has 14 nitrogen and oxygen atoms in total. The monoisotopic (exact) mass is 846 g/mol. The number of nitrogens with zero attached hydrogens (tertiary/aromatic N) is 3. The number of methoxy groups -OCH3 is 1. The summed E-state index contributed by atoms with van der Waals surface area (Å²) in [6, 6.07) is 18.0. The van der Waals surface area contributed by atoms with Gasteiger partial charge in [0, 0.05) is 55.0 Å². The molecule has 0 aromatic heterocycles. The third-order valence-electron chi connectivity index (χ3n) is 12.5. The molecular weight excluding hydrogens is 785 g/mol. The van der Waals surface area contributed by atoms with Gasteiger partial charge in [0.25, 0.3) is 5.91 Å². The van der Waals surface area contributed by atoms with Crippen LogP contribution in [-0.2, 0) is 26.2 Å². The number of ether oxygens (including phenoxy) is 1. The third-order valence-corrected chi connectivity index (χ3v) is 13.2. The molecule has 60 heavy (non-hydrogen) atoms. The minimum Gasteiger partial charge on any atom is -0.496 e. The zero-order valence-electron chi connectivity index (χ0n) is 36.0. The maximum atomic E-state index is 14.3. The van der Waals surface area contributed by atoms with Gasteiger partial charge in [-0.25, -0.2) is 13.1 Å². The predicted molar refractivity (Wildman–Crippen MR) is 233 cm³/mol. The molecule has 326 valence electrons. The van der Waals surface area contributed by atoms with Crippen molar-refractivity contribution in [2.75, 3.05) is 59.6 Å². The Hall–Kier alpha value is -4.35. The van der Waals surface area contributed by atoms with E-state index >= 15 is 0 Å². The number of hydroxylamine groups is 2. The van der Waals surface area contributed by atoms with Crippen LogP contribution in [0.15, 0.2) is 78.9 Å². The highest BCUT2D eigenvalue weighted by Crippen LogP contribution is 2.52. The number of allylic oxidation sites excluding steroid dienone is 1. The van der Waals surface area contributed by atoms with Crippen LogP contribution >= 0.6 is 0 Å². The number of hydrogen-bond acceptors (Lipinski definition) is 11. The van der Waals surface area contributed by atoms with E-state index in [0.29, 0.717) is 51.9 Å². The van der Waals surface area contributed by atoms with Crippen LogP contribution < -0.4 is 25.0 Å². The van der Waals surface area contributed by atoms with Crippen molar-refractivity contribution in [3.05, 3.63) is 95.6 Å². The van der Waals surface area contributed by atoms with Crippen molar-refractivity contribution in [3.63, 3.8) is 0 Å². The van der Waals surface area contributed by atoms with Gasteiger partial charge in [0.1, 0.15) is 17.9 Å². The van der Waals surface area contributed by atoms with Crippen LogP contribution in [0.1, 0.15) is 54.2 Å². The molecule has 3 aliphatic carbocycles. The quantitative estimate of drug-likeness (QED) is 0.126. The van der Waals surface area contributed by atoms with Gasteiger partial charge in [0.15, 0.2) is 0 Å².